The summed E-state index contributed by atoms with van der Waals surface area (Å²) in [5.74, 6) is 0.902. The van der Waals surface area contributed by atoms with Crippen LogP contribution in [-0.4, -0.2) is 36.2 Å². The molecule has 1 aliphatic rings. The Morgan fingerprint density at radius 1 is 1.20 bits per heavy atom. The van der Waals surface area contributed by atoms with Gasteiger partial charge in [0.05, 0.1) is 28.5 Å². The standard InChI is InChI=1S/C20H20Cl2N6O2/c1-11-8-13-16(10-28(11)18(29)12-4-5-14(21)15(22)9-12)24-20(26(2)19(13)30)25-17-6-7-23-27(17)3/h4-7,9,11H,8,10H2,1-3H3,(H,24,25)/t11-/m1/s1. The average molecular weight is 447 g/mol. The van der Waals surface area contributed by atoms with Crippen LogP contribution in [0.25, 0.3) is 0 Å². The van der Waals surface area contributed by atoms with Crippen molar-refractivity contribution in [3.8, 4) is 0 Å². The lowest BCUT2D eigenvalue weighted by atomic mass is 9.98. The van der Waals surface area contributed by atoms with Gasteiger partial charge in [-0.15, -0.1) is 0 Å². The van der Waals surface area contributed by atoms with E-state index in [9.17, 15) is 9.59 Å². The largest absolute Gasteiger partial charge is 0.330 e. The van der Waals surface area contributed by atoms with Crippen LogP contribution in [0, 0.1) is 0 Å². The van der Waals surface area contributed by atoms with Crippen LogP contribution in [0.1, 0.15) is 28.5 Å². The van der Waals surface area contributed by atoms with Crippen LogP contribution < -0.4 is 10.9 Å². The van der Waals surface area contributed by atoms with Gasteiger partial charge in [0.15, 0.2) is 0 Å². The molecule has 2 aromatic heterocycles. The summed E-state index contributed by atoms with van der Waals surface area (Å²) in [6.45, 7) is 2.14. The summed E-state index contributed by atoms with van der Waals surface area (Å²) in [5.41, 5.74) is 1.52. The number of nitrogens with one attached hydrogen (secondary N) is 1. The van der Waals surface area contributed by atoms with Gasteiger partial charge < -0.3 is 10.2 Å². The fraction of sp³-hybridized carbons (Fsp3) is 0.300. The van der Waals surface area contributed by atoms with Crippen molar-refractivity contribution in [1.82, 2.24) is 24.2 Å². The number of nitrogens with zero attached hydrogens (tertiary/aromatic N) is 5. The molecule has 0 spiro atoms. The van der Waals surface area contributed by atoms with Crippen molar-refractivity contribution in [2.45, 2.75) is 25.9 Å². The number of halogens is 2. The van der Waals surface area contributed by atoms with Crippen molar-refractivity contribution in [3.63, 3.8) is 0 Å². The molecular weight excluding hydrogens is 427 g/mol. The molecule has 0 unspecified atom stereocenters. The first kappa shape index (κ1) is 20.4. The van der Waals surface area contributed by atoms with Gasteiger partial charge in [0.25, 0.3) is 11.5 Å². The maximum atomic E-state index is 13.1. The van der Waals surface area contributed by atoms with Crippen LogP contribution in [0.4, 0.5) is 11.8 Å². The number of fused-ring (bicyclic) bond motifs is 1. The lowest BCUT2D eigenvalue weighted by Gasteiger charge is -2.34. The van der Waals surface area contributed by atoms with Crippen LogP contribution in [-0.2, 0) is 27.1 Å². The summed E-state index contributed by atoms with van der Waals surface area (Å²) in [6.07, 6.45) is 2.08. The van der Waals surface area contributed by atoms with Crippen molar-refractivity contribution in [2.75, 3.05) is 5.32 Å². The van der Waals surface area contributed by atoms with E-state index in [0.717, 1.165) is 0 Å². The molecule has 1 atom stereocenters. The van der Waals surface area contributed by atoms with Gasteiger partial charge in [0.1, 0.15) is 5.82 Å². The van der Waals surface area contributed by atoms with E-state index in [4.69, 9.17) is 23.2 Å². The molecule has 1 amide bonds. The number of hydrogen-bond acceptors (Lipinski definition) is 5. The van der Waals surface area contributed by atoms with Gasteiger partial charge in [-0.05, 0) is 31.5 Å². The zero-order valence-electron chi connectivity index (χ0n) is 16.7. The predicted octanol–water partition coefficient (Wildman–Crippen LogP) is 3.15. The topological polar surface area (TPSA) is 85.1 Å². The van der Waals surface area contributed by atoms with E-state index in [1.54, 1.807) is 54.1 Å². The van der Waals surface area contributed by atoms with Gasteiger partial charge in [0, 0.05) is 37.3 Å². The zero-order chi connectivity index (χ0) is 21.6. The van der Waals surface area contributed by atoms with Gasteiger partial charge in [-0.1, -0.05) is 23.2 Å². The highest BCUT2D eigenvalue weighted by Gasteiger charge is 2.31. The third-order valence-electron chi connectivity index (χ3n) is 5.31. The minimum atomic E-state index is -0.185. The molecule has 0 radical (unpaired) electrons. The highest BCUT2D eigenvalue weighted by Crippen LogP contribution is 2.27. The molecule has 4 rings (SSSR count). The normalized spacial score (nSPS) is 15.8. The number of hydrogen-bond donors (Lipinski definition) is 1. The molecule has 1 aromatic carbocycles. The third-order valence-corrected chi connectivity index (χ3v) is 6.05. The first-order chi connectivity index (χ1) is 14.3. The lowest BCUT2D eigenvalue weighted by Crippen LogP contribution is -2.45. The first-order valence-electron chi connectivity index (χ1n) is 9.36. The van der Waals surface area contributed by atoms with E-state index in [0.29, 0.717) is 45.1 Å². The number of aryl methyl sites for hydroxylation is 1. The second-order valence-corrected chi connectivity index (χ2v) is 8.12. The highest BCUT2D eigenvalue weighted by molar-refractivity contribution is 6.42. The monoisotopic (exact) mass is 446 g/mol. The summed E-state index contributed by atoms with van der Waals surface area (Å²) >= 11 is 12.0. The van der Waals surface area contributed by atoms with E-state index in [-0.39, 0.29) is 24.1 Å². The maximum absolute atomic E-state index is 13.1. The summed E-state index contributed by atoms with van der Waals surface area (Å²) in [4.78, 5) is 32.4. The summed E-state index contributed by atoms with van der Waals surface area (Å²) in [6, 6.07) is 6.43. The van der Waals surface area contributed by atoms with Crippen molar-refractivity contribution >= 4 is 40.9 Å². The molecule has 0 aliphatic carbocycles. The van der Waals surface area contributed by atoms with E-state index in [1.807, 2.05) is 6.92 Å². The quantitative estimate of drug-likeness (QED) is 0.667. The van der Waals surface area contributed by atoms with Crippen molar-refractivity contribution in [2.24, 2.45) is 14.1 Å². The van der Waals surface area contributed by atoms with Crippen LogP contribution >= 0.6 is 23.2 Å². The third kappa shape index (κ3) is 3.57. The Bertz CT molecular complexity index is 1200. The molecule has 0 saturated heterocycles. The summed E-state index contributed by atoms with van der Waals surface area (Å²) in [5, 5.41) is 7.95. The fourth-order valence-electron chi connectivity index (χ4n) is 3.54. The molecular formula is C20H20Cl2N6O2. The Hall–Kier alpha value is -2.84. The highest BCUT2D eigenvalue weighted by atomic mass is 35.5. The smallest absolute Gasteiger partial charge is 0.258 e. The Morgan fingerprint density at radius 2 is 1.97 bits per heavy atom. The second-order valence-electron chi connectivity index (χ2n) is 7.30. The molecule has 3 aromatic rings. The maximum Gasteiger partial charge on any atom is 0.258 e. The molecule has 1 N–H and O–H groups in total. The molecule has 0 fully saturated rings. The van der Waals surface area contributed by atoms with Crippen molar-refractivity contribution < 1.29 is 4.79 Å². The molecule has 1 aliphatic heterocycles. The molecule has 8 nitrogen and oxygen atoms in total. The Morgan fingerprint density at radius 3 is 2.63 bits per heavy atom. The lowest BCUT2D eigenvalue weighted by molar-refractivity contribution is 0.0653. The van der Waals surface area contributed by atoms with Crippen LogP contribution in [0.5, 0.6) is 0 Å². The fourth-order valence-corrected chi connectivity index (χ4v) is 3.84. The molecule has 3 heterocycles. The predicted molar refractivity (Wildman–Crippen MR) is 115 cm³/mol. The molecule has 156 valence electrons. The van der Waals surface area contributed by atoms with Crippen LogP contribution in [0.3, 0.4) is 0 Å². The van der Waals surface area contributed by atoms with Gasteiger partial charge in [0.2, 0.25) is 5.95 Å². The number of amides is 1. The average Bonchev–Trinajstić information content (AvgIpc) is 3.12. The summed E-state index contributed by atoms with van der Waals surface area (Å²) in [7, 11) is 3.46. The SMILES string of the molecule is C[C@@H]1Cc2c(nc(Nc3ccnn3C)n(C)c2=O)CN1C(=O)c1ccc(Cl)c(Cl)c1. The Kier molecular flexibility index (Phi) is 5.29. The Labute approximate surface area is 183 Å². The number of anilines is 2. The van der Waals surface area contributed by atoms with Gasteiger partial charge >= 0.3 is 0 Å². The Balaban J connectivity index is 1.68. The number of carbonyl (C=O) groups excluding carboxylic acids is 1. The zero-order valence-corrected chi connectivity index (χ0v) is 18.2. The van der Waals surface area contributed by atoms with E-state index in [2.05, 4.69) is 15.4 Å². The van der Waals surface area contributed by atoms with Crippen LogP contribution in [0.2, 0.25) is 10.0 Å². The molecule has 10 heteroatoms. The minimum Gasteiger partial charge on any atom is -0.330 e. The number of aromatic nitrogens is 4. The van der Waals surface area contributed by atoms with E-state index in [1.165, 1.54) is 4.57 Å². The van der Waals surface area contributed by atoms with Gasteiger partial charge in [-0.2, -0.15) is 5.10 Å². The number of benzene rings is 1. The molecule has 0 bridgehead atoms. The van der Waals surface area contributed by atoms with E-state index < -0.39 is 0 Å². The van der Waals surface area contributed by atoms with Gasteiger partial charge in [-0.25, -0.2) is 4.98 Å². The summed E-state index contributed by atoms with van der Waals surface area (Å²) < 4.78 is 3.13. The molecule has 30 heavy (non-hydrogen) atoms. The van der Waals surface area contributed by atoms with Crippen molar-refractivity contribution in [3.05, 3.63) is 67.7 Å². The number of rotatable bonds is 3. The second kappa shape index (κ2) is 7.77. The first-order valence-corrected chi connectivity index (χ1v) is 10.1. The van der Waals surface area contributed by atoms with Gasteiger partial charge in [-0.3, -0.25) is 18.8 Å². The molecule has 0 saturated carbocycles. The number of carbonyl (C=O) groups is 1. The van der Waals surface area contributed by atoms with Crippen molar-refractivity contribution in [1.29, 1.82) is 0 Å². The van der Waals surface area contributed by atoms with E-state index >= 15 is 0 Å². The van der Waals surface area contributed by atoms with Crippen LogP contribution in [0.15, 0.2) is 35.3 Å². The minimum absolute atomic E-state index is 0.127.